The standard InChI is InChI=1S/C53H33N3S/c1-3-14-34(15-4-1)36-19-11-20-37(30-36)38-21-12-22-41(31-38)52-54-51(35-16-5-2-6-17-35)55-53(56-52)46-26-13-27-48-50(46)45-29-28-40(33-49(45)57-48)47-32-39-18-7-8-23-42(39)43-24-9-10-25-44(43)47/h1-33H. The lowest BCUT2D eigenvalue weighted by Gasteiger charge is -2.12. The summed E-state index contributed by atoms with van der Waals surface area (Å²) in [6, 6.07) is 71.1. The van der Waals surface area contributed by atoms with E-state index in [9.17, 15) is 0 Å². The Morgan fingerprint density at radius 2 is 0.842 bits per heavy atom. The van der Waals surface area contributed by atoms with Gasteiger partial charge in [-0.25, -0.2) is 15.0 Å². The van der Waals surface area contributed by atoms with Crippen LogP contribution in [0.4, 0.5) is 0 Å². The number of fused-ring (bicyclic) bond motifs is 6. The van der Waals surface area contributed by atoms with Crippen molar-refractivity contribution in [2.45, 2.75) is 0 Å². The minimum Gasteiger partial charge on any atom is -0.208 e. The van der Waals surface area contributed by atoms with E-state index in [-0.39, 0.29) is 0 Å². The third-order valence-electron chi connectivity index (χ3n) is 10.9. The fourth-order valence-corrected chi connectivity index (χ4v) is 9.33. The maximum Gasteiger partial charge on any atom is 0.164 e. The SMILES string of the molecule is c1ccc(-c2cccc(-c3cccc(-c4nc(-c5ccccc5)nc(-c5cccc6sc7cc(-c8cc9ccccc9c9ccccc89)ccc7c56)n4)c3)c2)cc1. The monoisotopic (exact) mass is 743 g/mol. The van der Waals surface area contributed by atoms with E-state index in [1.54, 1.807) is 0 Å². The Kier molecular flexibility index (Phi) is 8.01. The van der Waals surface area contributed by atoms with E-state index in [0.29, 0.717) is 17.5 Å². The molecule has 9 aromatic carbocycles. The van der Waals surface area contributed by atoms with E-state index in [4.69, 9.17) is 15.0 Å². The van der Waals surface area contributed by atoms with Crippen LogP contribution >= 0.6 is 11.3 Å². The quantitative estimate of drug-likeness (QED) is 0.159. The molecular weight excluding hydrogens is 711 g/mol. The Bertz CT molecular complexity index is 3300. The molecule has 0 radical (unpaired) electrons. The molecule has 2 aromatic heterocycles. The number of aromatic nitrogens is 3. The van der Waals surface area contributed by atoms with Crippen molar-refractivity contribution < 1.29 is 0 Å². The van der Waals surface area contributed by atoms with E-state index in [0.717, 1.165) is 33.2 Å². The Morgan fingerprint density at radius 1 is 0.281 bits per heavy atom. The van der Waals surface area contributed by atoms with E-state index in [1.807, 2.05) is 29.5 Å². The molecular formula is C53H33N3S. The summed E-state index contributed by atoms with van der Waals surface area (Å²) < 4.78 is 2.43. The molecule has 11 rings (SSSR count). The largest absolute Gasteiger partial charge is 0.208 e. The van der Waals surface area contributed by atoms with Gasteiger partial charge in [-0.2, -0.15) is 0 Å². The second kappa shape index (κ2) is 13.8. The van der Waals surface area contributed by atoms with Crippen molar-refractivity contribution in [2.24, 2.45) is 0 Å². The molecule has 0 atom stereocenters. The summed E-state index contributed by atoms with van der Waals surface area (Å²) in [4.78, 5) is 15.5. The number of hydrogen-bond donors (Lipinski definition) is 0. The van der Waals surface area contributed by atoms with Gasteiger partial charge in [0.2, 0.25) is 0 Å². The van der Waals surface area contributed by atoms with Gasteiger partial charge in [-0.1, -0.05) is 170 Å². The van der Waals surface area contributed by atoms with Gasteiger partial charge in [0.05, 0.1) is 0 Å². The fraction of sp³-hybridized carbons (Fsp3) is 0. The first kappa shape index (κ1) is 33.1. The molecule has 2 heterocycles. The molecule has 0 bridgehead atoms. The average molecular weight is 744 g/mol. The van der Waals surface area contributed by atoms with Crippen LogP contribution in [0.1, 0.15) is 0 Å². The van der Waals surface area contributed by atoms with Crippen LogP contribution in [0, 0.1) is 0 Å². The van der Waals surface area contributed by atoms with Crippen LogP contribution in [0.3, 0.4) is 0 Å². The Morgan fingerprint density at radius 3 is 1.61 bits per heavy atom. The molecule has 4 heteroatoms. The molecule has 0 spiro atoms. The second-order valence-electron chi connectivity index (χ2n) is 14.4. The van der Waals surface area contributed by atoms with Crippen molar-refractivity contribution in [3.05, 3.63) is 200 Å². The first-order valence-electron chi connectivity index (χ1n) is 19.2. The minimum atomic E-state index is 0.641. The van der Waals surface area contributed by atoms with Gasteiger partial charge < -0.3 is 0 Å². The van der Waals surface area contributed by atoms with Crippen molar-refractivity contribution in [3.8, 4) is 67.5 Å². The maximum absolute atomic E-state index is 5.25. The molecule has 0 aliphatic heterocycles. The van der Waals surface area contributed by atoms with Gasteiger partial charge in [0.1, 0.15) is 0 Å². The maximum atomic E-state index is 5.25. The van der Waals surface area contributed by atoms with Gasteiger partial charge in [-0.05, 0) is 85.3 Å². The minimum absolute atomic E-state index is 0.641. The average Bonchev–Trinajstić information content (AvgIpc) is 3.67. The summed E-state index contributed by atoms with van der Waals surface area (Å²) in [5.74, 6) is 1.95. The van der Waals surface area contributed by atoms with Gasteiger partial charge in [-0.15, -0.1) is 11.3 Å². The molecule has 57 heavy (non-hydrogen) atoms. The predicted molar refractivity (Wildman–Crippen MR) is 240 cm³/mol. The summed E-state index contributed by atoms with van der Waals surface area (Å²) in [5.41, 5.74) is 9.95. The van der Waals surface area contributed by atoms with Crippen molar-refractivity contribution in [1.82, 2.24) is 15.0 Å². The summed E-state index contributed by atoms with van der Waals surface area (Å²) in [6.45, 7) is 0. The molecule has 0 amide bonds. The lowest BCUT2D eigenvalue weighted by atomic mass is 9.93. The summed E-state index contributed by atoms with van der Waals surface area (Å²) in [5, 5.41) is 7.42. The van der Waals surface area contributed by atoms with Gasteiger partial charge in [0.25, 0.3) is 0 Å². The zero-order chi connectivity index (χ0) is 37.7. The smallest absolute Gasteiger partial charge is 0.164 e. The first-order valence-corrected chi connectivity index (χ1v) is 20.0. The Hall–Kier alpha value is -7.27. The predicted octanol–water partition coefficient (Wildman–Crippen LogP) is 14.5. The van der Waals surface area contributed by atoms with Crippen LogP contribution in [-0.4, -0.2) is 15.0 Å². The third-order valence-corrected chi connectivity index (χ3v) is 12.0. The summed E-state index contributed by atoms with van der Waals surface area (Å²) in [7, 11) is 0. The molecule has 0 unspecified atom stereocenters. The lowest BCUT2D eigenvalue weighted by molar-refractivity contribution is 1.08. The van der Waals surface area contributed by atoms with Crippen LogP contribution in [-0.2, 0) is 0 Å². The fourth-order valence-electron chi connectivity index (χ4n) is 8.16. The van der Waals surface area contributed by atoms with E-state index in [1.165, 1.54) is 58.6 Å². The number of rotatable bonds is 6. The second-order valence-corrected chi connectivity index (χ2v) is 15.5. The molecule has 0 N–H and O–H groups in total. The van der Waals surface area contributed by atoms with Crippen LogP contribution < -0.4 is 0 Å². The Balaban J connectivity index is 1.05. The number of benzene rings is 9. The van der Waals surface area contributed by atoms with Crippen LogP contribution in [0.5, 0.6) is 0 Å². The van der Waals surface area contributed by atoms with Gasteiger partial charge in [-0.3, -0.25) is 0 Å². The molecule has 0 aliphatic rings. The van der Waals surface area contributed by atoms with Gasteiger partial charge in [0, 0.05) is 36.9 Å². The van der Waals surface area contributed by atoms with Crippen molar-refractivity contribution in [2.75, 3.05) is 0 Å². The molecule has 0 saturated carbocycles. The summed E-state index contributed by atoms with van der Waals surface area (Å²) in [6.07, 6.45) is 0. The van der Waals surface area contributed by atoms with Crippen molar-refractivity contribution in [3.63, 3.8) is 0 Å². The van der Waals surface area contributed by atoms with Crippen LogP contribution in [0.25, 0.3) is 109 Å². The highest BCUT2D eigenvalue weighted by molar-refractivity contribution is 7.26. The zero-order valence-electron chi connectivity index (χ0n) is 30.8. The van der Waals surface area contributed by atoms with Crippen molar-refractivity contribution >= 4 is 53.1 Å². The highest BCUT2D eigenvalue weighted by Crippen LogP contribution is 2.43. The van der Waals surface area contributed by atoms with Crippen LogP contribution in [0.15, 0.2) is 200 Å². The highest BCUT2D eigenvalue weighted by Gasteiger charge is 2.18. The molecule has 3 nitrogen and oxygen atoms in total. The van der Waals surface area contributed by atoms with E-state index < -0.39 is 0 Å². The molecule has 0 fully saturated rings. The van der Waals surface area contributed by atoms with Crippen molar-refractivity contribution in [1.29, 1.82) is 0 Å². The third kappa shape index (κ3) is 5.95. The van der Waals surface area contributed by atoms with Gasteiger partial charge >= 0.3 is 0 Å². The normalized spacial score (nSPS) is 11.5. The molecule has 11 aromatic rings. The molecule has 0 aliphatic carbocycles. The summed E-state index contributed by atoms with van der Waals surface area (Å²) >= 11 is 1.82. The highest BCUT2D eigenvalue weighted by atomic mass is 32.1. The zero-order valence-corrected chi connectivity index (χ0v) is 31.6. The number of nitrogens with zero attached hydrogens (tertiary/aromatic N) is 3. The lowest BCUT2D eigenvalue weighted by Crippen LogP contribution is -2.00. The number of hydrogen-bond acceptors (Lipinski definition) is 4. The van der Waals surface area contributed by atoms with Gasteiger partial charge in [0.15, 0.2) is 17.5 Å². The molecule has 0 saturated heterocycles. The van der Waals surface area contributed by atoms with E-state index >= 15 is 0 Å². The van der Waals surface area contributed by atoms with Crippen LogP contribution in [0.2, 0.25) is 0 Å². The number of thiophene rings is 1. The Labute approximate surface area is 334 Å². The topological polar surface area (TPSA) is 38.7 Å². The first-order chi connectivity index (χ1) is 28.2. The van der Waals surface area contributed by atoms with E-state index in [2.05, 4.69) is 182 Å². The molecule has 266 valence electrons.